The topological polar surface area (TPSA) is 50.1 Å². The third-order valence-electron chi connectivity index (χ3n) is 6.30. The summed E-state index contributed by atoms with van der Waals surface area (Å²) in [5, 5.41) is 9.55. The van der Waals surface area contributed by atoms with Gasteiger partial charge in [-0.05, 0) is 63.7 Å². The lowest BCUT2D eigenvalue weighted by molar-refractivity contribution is -0.158. The Morgan fingerprint density at radius 3 is 2.29 bits per heavy atom. The molecule has 0 radical (unpaired) electrons. The van der Waals surface area contributed by atoms with Crippen LogP contribution in [0.5, 0.6) is 0 Å². The molecule has 3 nitrogen and oxygen atoms in total. The molecule has 2 fully saturated rings. The first-order valence-corrected chi connectivity index (χ1v) is 10.2. The molecule has 0 saturated heterocycles. The average molecular weight is 334 g/mol. The van der Waals surface area contributed by atoms with Crippen LogP contribution in [0.1, 0.15) is 97.3 Å². The molecule has 0 atom stereocenters. The number of unbranched alkanes of at least 4 members (excludes halogenated alkanes) is 1. The first-order chi connectivity index (χ1) is 11.6. The van der Waals surface area contributed by atoms with Gasteiger partial charge in [-0.2, -0.15) is 5.26 Å². The summed E-state index contributed by atoms with van der Waals surface area (Å²) in [5.41, 5.74) is -0.156. The van der Waals surface area contributed by atoms with Gasteiger partial charge in [0.25, 0.3) is 0 Å². The van der Waals surface area contributed by atoms with Crippen LogP contribution >= 0.6 is 0 Å². The summed E-state index contributed by atoms with van der Waals surface area (Å²) in [5.74, 6) is 0.984. The Morgan fingerprint density at radius 2 is 1.75 bits per heavy atom. The van der Waals surface area contributed by atoms with Gasteiger partial charge in [-0.1, -0.05) is 39.5 Å². The number of carbonyl (C=O) groups is 1. The fourth-order valence-corrected chi connectivity index (χ4v) is 4.55. The molecular weight excluding hydrogens is 298 g/mol. The van der Waals surface area contributed by atoms with E-state index in [-0.39, 0.29) is 23.4 Å². The van der Waals surface area contributed by atoms with E-state index in [0.29, 0.717) is 0 Å². The lowest BCUT2D eigenvalue weighted by Crippen LogP contribution is -2.33. The Kier molecular flexibility index (Phi) is 7.59. The molecule has 2 saturated carbocycles. The molecule has 0 amide bonds. The Hall–Kier alpha value is -1.04. The summed E-state index contributed by atoms with van der Waals surface area (Å²) >= 11 is 0. The second-order valence-electron chi connectivity index (χ2n) is 8.14. The van der Waals surface area contributed by atoms with Gasteiger partial charge in [-0.3, -0.25) is 4.79 Å². The Balaban J connectivity index is 1.73. The summed E-state index contributed by atoms with van der Waals surface area (Å²) < 4.78 is 5.82. The fraction of sp³-hybridized carbons (Fsp3) is 0.905. The first-order valence-electron chi connectivity index (χ1n) is 10.2. The second-order valence-corrected chi connectivity index (χ2v) is 8.14. The average Bonchev–Trinajstić information content (AvgIpc) is 2.62. The van der Waals surface area contributed by atoms with Crippen LogP contribution in [0.3, 0.4) is 0 Å². The van der Waals surface area contributed by atoms with Crippen LogP contribution in [-0.4, -0.2) is 12.1 Å². The van der Waals surface area contributed by atoms with E-state index < -0.39 is 0 Å². The van der Waals surface area contributed by atoms with Crippen molar-refractivity contribution < 1.29 is 9.53 Å². The molecular formula is C21H35NO2. The minimum atomic E-state index is -0.156. The molecule has 24 heavy (non-hydrogen) atoms. The Morgan fingerprint density at radius 1 is 1.08 bits per heavy atom. The molecule has 2 aliphatic rings. The van der Waals surface area contributed by atoms with Gasteiger partial charge in [0.05, 0.1) is 17.4 Å². The van der Waals surface area contributed by atoms with E-state index in [1.807, 2.05) is 0 Å². The first kappa shape index (κ1) is 19.3. The van der Waals surface area contributed by atoms with Crippen molar-refractivity contribution >= 4 is 5.97 Å². The van der Waals surface area contributed by atoms with Crippen molar-refractivity contribution in [2.75, 3.05) is 0 Å². The molecule has 2 aliphatic carbocycles. The van der Waals surface area contributed by atoms with Crippen molar-refractivity contribution in [1.29, 1.82) is 5.26 Å². The number of ether oxygens (including phenoxy) is 1. The minimum Gasteiger partial charge on any atom is -0.462 e. The van der Waals surface area contributed by atoms with E-state index in [4.69, 9.17) is 4.74 Å². The lowest BCUT2D eigenvalue weighted by atomic mass is 9.71. The number of hydrogen-bond donors (Lipinski definition) is 0. The standard InChI is InChI=1S/C21H35NO2/c1-3-5-13-21(16-22)14-11-19(12-15-21)24-20(23)18-9-7-17(6-4-2)8-10-18/h17-19H,3-15H2,1-2H3/t17-,18-,19-,21+. The van der Waals surface area contributed by atoms with Gasteiger partial charge in [0, 0.05) is 0 Å². The summed E-state index contributed by atoms with van der Waals surface area (Å²) in [6, 6.07) is 2.57. The highest BCUT2D eigenvalue weighted by atomic mass is 16.5. The smallest absolute Gasteiger partial charge is 0.309 e. The van der Waals surface area contributed by atoms with E-state index in [1.165, 1.54) is 25.7 Å². The lowest BCUT2D eigenvalue weighted by Gasteiger charge is -2.35. The Bertz CT molecular complexity index is 424. The number of carbonyl (C=O) groups excluding carboxylic acids is 1. The van der Waals surface area contributed by atoms with Crippen molar-refractivity contribution in [1.82, 2.24) is 0 Å². The number of nitrogens with zero attached hydrogens (tertiary/aromatic N) is 1. The number of esters is 1. The van der Waals surface area contributed by atoms with Gasteiger partial charge in [0.1, 0.15) is 6.10 Å². The van der Waals surface area contributed by atoms with Crippen LogP contribution in [-0.2, 0) is 9.53 Å². The van der Waals surface area contributed by atoms with Gasteiger partial charge in [0.15, 0.2) is 0 Å². The van der Waals surface area contributed by atoms with Crippen LogP contribution in [0, 0.1) is 28.6 Å². The molecule has 0 aromatic rings. The molecule has 0 N–H and O–H groups in total. The van der Waals surface area contributed by atoms with Crippen LogP contribution in [0.25, 0.3) is 0 Å². The summed E-state index contributed by atoms with van der Waals surface area (Å²) in [4.78, 5) is 12.4. The maximum absolute atomic E-state index is 12.4. The third kappa shape index (κ3) is 5.23. The molecule has 0 unspecified atom stereocenters. The monoisotopic (exact) mass is 333 g/mol. The largest absolute Gasteiger partial charge is 0.462 e. The zero-order valence-corrected chi connectivity index (χ0v) is 15.7. The molecule has 0 aromatic heterocycles. The summed E-state index contributed by atoms with van der Waals surface area (Å²) in [6.07, 6.45) is 13.8. The summed E-state index contributed by atoms with van der Waals surface area (Å²) in [7, 11) is 0. The van der Waals surface area contributed by atoms with E-state index in [1.54, 1.807) is 0 Å². The van der Waals surface area contributed by atoms with Crippen LogP contribution in [0.2, 0.25) is 0 Å². The predicted molar refractivity (Wildman–Crippen MR) is 96.3 cm³/mol. The third-order valence-corrected chi connectivity index (χ3v) is 6.30. The van der Waals surface area contributed by atoms with Crippen molar-refractivity contribution in [3.05, 3.63) is 0 Å². The molecule has 0 spiro atoms. The van der Waals surface area contributed by atoms with Crippen molar-refractivity contribution in [3.8, 4) is 6.07 Å². The van der Waals surface area contributed by atoms with Crippen LogP contribution < -0.4 is 0 Å². The maximum atomic E-state index is 12.4. The quantitative estimate of drug-likeness (QED) is 0.555. The molecule has 0 aromatic carbocycles. The minimum absolute atomic E-state index is 0.0352. The molecule has 0 bridgehead atoms. The van der Waals surface area contributed by atoms with E-state index in [2.05, 4.69) is 19.9 Å². The predicted octanol–water partition coefficient (Wildman–Crippen LogP) is 5.78. The van der Waals surface area contributed by atoms with E-state index in [9.17, 15) is 10.1 Å². The zero-order valence-electron chi connectivity index (χ0n) is 15.7. The maximum Gasteiger partial charge on any atom is 0.309 e. The molecule has 2 rings (SSSR count). The van der Waals surface area contributed by atoms with Gasteiger partial charge in [-0.15, -0.1) is 0 Å². The highest BCUT2D eigenvalue weighted by Gasteiger charge is 2.37. The van der Waals surface area contributed by atoms with Crippen molar-refractivity contribution in [2.24, 2.45) is 17.3 Å². The SMILES string of the molecule is CCCC[C@]1(C#N)CC[C@@H](OC(=O)[C@H]2CC[C@H](CCC)CC2)CC1. The summed E-state index contributed by atoms with van der Waals surface area (Å²) in [6.45, 7) is 4.42. The molecule has 0 aliphatic heterocycles. The fourth-order valence-electron chi connectivity index (χ4n) is 4.55. The van der Waals surface area contributed by atoms with Crippen LogP contribution in [0.15, 0.2) is 0 Å². The molecule has 136 valence electrons. The van der Waals surface area contributed by atoms with E-state index in [0.717, 1.165) is 63.7 Å². The highest BCUT2D eigenvalue weighted by Crippen LogP contribution is 2.41. The van der Waals surface area contributed by atoms with E-state index >= 15 is 0 Å². The van der Waals surface area contributed by atoms with Crippen LogP contribution in [0.4, 0.5) is 0 Å². The van der Waals surface area contributed by atoms with Gasteiger partial charge >= 0.3 is 5.97 Å². The number of hydrogen-bond acceptors (Lipinski definition) is 3. The molecule has 0 heterocycles. The molecule has 3 heteroatoms. The van der Waals surface area contributed by atoms with Gasteiger partial charge in [-0.25, -0.2) is 0 Å². The zero-order chi connectivity index (χ0) is 17.4. The highest BCUT2D eigenvalue weighted by molar-refractivity contribution is 5.72. The van der Waals surface area contributed by atoms with Gasteiger partial charge < -0.3 is 4.74 Å². The Labute approximate surface area is 148 Å². The normalized spacial score (nSPS) is 33.6. The van der Waals surface area contributed by atoms with Crippen molar-refractivity contribution in [2.45, 2.75) is 103 Å². The van der Waals surface area contributed by atoms with Crippen molar-refractivity contribution in [3.63, 3.8) is 0 Å². The second kappa shape index (κ2) is 9.44. The number of rotatable bonds is 7. The number of nitriles is 1. The van der Waals surface area contributed by atoms with Gasteiger partial charge in [0.2, 0.25) is 0 Å².